The van der Waals surface area contributed by atoms with Gasteiger partial charge in [-0.3, -0.25) is 9.59 Å². The van der Waals surface area contributed by atoms with Gasteiger partial charge >= 0.3 is 5.97 Å². The van der Waals surface area contributed by atoms with Gasteiger partial charge in [-0.1, -0.05) is 11.3 Å². The first kappa shape index (κ1) is 24.8. The van der Waals surface area contributed by atoms with Crippen molar-refractivity contribution in [3.8, 4) is 17.0 Å². The number of benzene rings is 1. The zero-order valence-corrected chi connectivity index (χ0v) is 21.0. The van der Waals surface area contributed by atoms with E-state index >= 15 is 0 Å². The Morgan fingerprint density at radius 2 is 2.17 bits per heavy atom. The van der Waals surface area contributed by atoms with Crippen molar-refractivity contribution in [2.24, 2.45) is 0 Å². The largest absolute Gasteiger partial charge is 0.496 e. The van der Waals surface area contributed by atoms with Gasteiger partial charge in [0.2, 0.25) is 0 Å². The summed E-state index contributed by atoms with van der Waals surface area (Å²) in [4.78, 5) is 32.6. The zero-order chi connectivity index (χ0) is 24.9. The van der Waals surface area contributed by atoms with Crippen molar-refractivity contribution < 1.29 is 19.4 Å². The Hall–Kier alpha value is -3.31. The number of aryl methyl sites for hydroxylation is 1. The van der Waals surface area contributed by atoms with Gasteiger partial charge in [0.05, 0.1) is 42.5 Å². The summed E-state index contributed by atoms with van der Waals surface area (Å²) in [6.07, 6.45) is 3.76. The van der Waals surface area contributed by atoms with Crippen LogP contribution in [0, 0.1) is 6.92 Å². The molecule has 3 aromatic rings. The number of hydrogen-bond donors (Lipinski definition) is 1. The molecule has 11 heteroatoms. The molecule has 1 aliphatic heterocycles. The first-order chi connectivity index (χ1) is 16.8. The minimum absolute atomic E-state index is 0.0173. The van der Waals surface area contributed by atoms with Gasteiger partial charge in [0.15, 0.2) is 0 Å². The molecule has 2 aromatic heterocycles. The van der Waals surface area contributed by atoms with Crippen LogP contribution in [0.25, 0.3) is 11.3 Å². The van der Waals surface area contributed by atoms with Gasteiger partial charge in [-0.25, -0.2) is 9.67 Å². The number of piperidine rings is 1. The number of ether oxygens (including phenoxy) is 1. The van der Waals surface area contributed by atoms with E-state index in [4.69, 9.17) is 9.84 Å². The molecule has 0 saturated carbocycles. The van der Waals surface area contributed by atoms with E-state index in [9.17, 15) is 9.59 Å². The Kier molecular flexibility index (Phi) is 7.76. The summed E-state index contributed by atoms with van der Waals surface area (Å²) in [5, 5.41) is 20.5. The molecule has 0 spiro atoms. The number of rotatable bonds is 9. The molecule has 1 fully saturated rings. The van der Waals surface area contributed by atoms with Crippen LogP contribution in [-0.2, 0) is 11.3 Å². The minimum atomic E-state index is -0.806. The van der Waals surface area contributed by atoms with Crippen LogP contribution in [-0.4, -0.2) is 86.6 Å². The number of aromatic nitrogens is 4. The van der Waals surface area contributed by atoms with E-state index in [1.54, 1.807) is 41.1 Å². The number of thiazole rings is 1. The Labute approximate surface area is 208 Å². The molecule has 3 heterocycles. The molecule has 1 amide bonds. The summed E-state index contributed by atoms with van der Waals surface area (Å²) < 4.78 is 7.31. The third-order valence-electron chi connectivity index (χ3n) is 6.25. The van der Waals surface area contributed by atoms with Gasteiger partial charge < -0.3 is 19.6 Å². The van der Waals surface area contributed by atoms with Crippen molar-refractivity contribution in [2.75, 3.05) is 33.8 Å². The number of nitrogens with zero attached hydrogens (tertiary/aromatic N) is 6. The molecule has 1 unspecified atom stereocenters. The normalized spacial score (nSPS) is 16.3. The molecule has 1 aliphatic rings. The third kappa shape index (κ3) is 6.04. The lowest BCUT2D eigenvalue weighted by atomic mass is 10.0. The maximum absolute atomic E-state index is 13.3. The number of hydrogen-bond acceptors (Lipinski definition) is 8. The molecule has 0 bridgehead atoms. The van der Waals surface area contributed by atoms with Crippen molar-refractivity contribution >= 4 is 23.2 Å². The summed E-state index contributed by atoms with van der Waals surface area (Å²) in [5.74, 6) is -0.455. The number of likely N-dealkylation sites (tertiary alicyclic amines) is 1. The number of aliphatic carboxylic acids is 1. The van der Waals surface area contributed by atoms with Gasteiger partial charge in [0.25, 0.3) is 5.91 Å². The molecule has 10 nitrogen and oxygen atoms in total. The topological polar surface area (TPSA) is 114 Å². The summed E-state index contributed by atoms with van der Waals surface area (Å²) in [7, 11) is 3.35. The van der Waals surface area contributed by atoms with E-state index < -0.39 is 5.97 Å². The fourth-order valence-electron chi connectivity index (χ4n) is 4.34. The number of methoxy groups -OCH3 is 1. The van der Waals surface area contributed by atoms with E-state index in [0.29, 0.717) is 36.6 Å². The Morgan fingerprint density at radius 3 is 2.89 bits per heavy atom. The molecule has 1 atom stereocenters. The fourth-order valence-corrected chi connectivity index (χ4v) is 4.95. The fraction of sp³-hybridized carbons (Fsp3) is 0.458. The van der Waals surface area contributed by atoms with Crippen LogP contribution in [0.15, 0.2) is 29.8 Å². The van der Waals surface area contributed by atoms with E-state index in [0.717, 1.165) is 35.7 Å². The number of amides is 1. The summed E-state index contributed by atoms with van der Waals surface area (Å²) in [6, 6.07) is 5.44. The number of carboxylic acid groups (broad SMARTS) is 1. The molecule has 1 aromatic carbocycles. The van der Waals surface area contributed by atoms with Crippen LogP contribution < -0.4 is 4.74 Å². The van der Waals surface area contributed by atoms with E-state index in [1.165, 1.54) is 0 Å². The van der Waals surface area contributed by atoms with Crippen molar-refractivity contribution in [3.05, 3.63) is 46.0 Å². The average molecular weight is 499 g/mol. The number of carboxylic acids is 1. The molecule has 35 heavy (non-hydrogen) atoms. The predicted octanol–water partition coefficient (Wildman–Crippen LogP) is 2.78. The second kappa shape index (κ2) is 11.0. The lowest BCUT2D eigenvalue weighted by molar-refractivity contribution is -0.137. The standard InChI is InChI=1S/C24H30N6O4S/c1-16-25-18(15-35-16)12-30-14-21(26-27-30)17-6-7-20(22(11-17)34-3)24(33)28(2)19-5-4-9-29(13-19)10-8-23(31)32/h6-7,11,14-15,19H,4-5,8-10,12-13H2,1-3H3,(H,31,32). The maximum Gasteiger partial charge on any atom is 0.304 e. The highest BCUT2D eigenvalue weighted by molar-refractivity contribution is 7.09. The van der Waals surface area contributed by atoms with Crippen LogP contribution in [0.4, 0.5) is 0 Å². The number of likely N-dealkylation sites (N-methyl/N-ethyl adjacent to an activating group) is 1. The Balaban J connectivity index is 1.46. The minimum Gasteiger partial charge on any atom is -0.496 e. The highest BCUT2D eigenvalue weighted by Gasteiger charge is 2.28. The lowest BCUT2D eigenvalue weighted by Crippen LogP contribution is -2.49. The smallest absolute Gasteiger partial charge is 0.304 e. The van der Waals surface area contributed by atoms with Crippen LogP contribution in [0.3, 0.4) is 0 Å². The van der Waals surface area contributed by atoms with Crippen LogP contribution >= 0.6 is 11.3 Å². The molecule has 186 valence electrons. The molecule has 4 rings (SSSR count). The monoisotopic (exact) mass is 498 g/mol. The van der Waals surface area contributed by atoms with E-state index in [2.05, 4.69) is 20.2 Å². The summed E-state index contributed by atoms with van der Waals surface area (Å²) >= 11 is 1.60. The van der Waals surface area contributed by atoms with E-state index in [1.807, 2.05) is 30.6 Å². The Bertz CT molecular complexity index is 1190. The van der Waals surface area contributed by atoms with Crippen molar-refractivity contribution in [1.82, 2.24) is 29.8 Å². The second-order valence-electron chi connectivity index (χ2n) is 8.73. The van der Waals surface area contributed by atoms with Crippen LogP contribution in [0.2, 0.25) is 0 Å². The summed E-state index contributed by atoms with van der Waals surface area (Å²) in [6.45, 7) is 4.52. The quantitative estimate of drug-likeness (QED) is 0.479. The average Bonchev–Trinajstić information content (AvgIpc) is 3.50. The van der Waals surface area contributed by atoms with Gasteiger partial charge in [0, 0.05) is 37.1 Å². The van der Waals surface area contributed by atoms with Crippen LogP contribution in [0.1, 0.15) is 40.3 Å². The molecule has 1 N–H and O–H groups in total. The third-order valence-corrected chi connectivity index (χ3v) is 7.07. The second-order valence-corrected chi connectivity index (χ2v) is 9.79. The highest BCUT2D eigenvalue weighted by atomic mass is 32.1. The maximum atomic E-state index is 13.3. The lowest BCUT2D eigenvalue weighted by Gasteiger charge is -2.37. The Morgan fingerprint density at radius 1 is 1.34 bits per heavy atom. The number of carbonyl (C=O) groups excluding carboxylic acids is 1. The van der Waals surface area contributed by atoms with Gasteiger partial charge in [-0.05, 0) is 38.4 Å². The first-order valence-electron chi connectivity index (χ1n) is 11.5. The SMILES string of the molecule is COc1cc(-c2cn(Cc3csc(C)n3)nn2)ccc1C(=O)N(C)C1CCCN(CCC(=O)O)C1. The first-order valence-corrected chi connectivity index (χ1v) is 12.4. The van der Waals surface area contributed by atoms with Gasteiger partial charge in [-0.15, -0.1) is 16.4 Å². The highest BCUT2D eigenvalue weighted by Crippen LogP contribution is 2.28. The van der Waals surface area contributed by atoms with Gasteiger partial charge in [-0.2, -0.15) is 0 Å². The molecular weight excluding hydrogens is 468 g/mol. The summed E-state index contributed by atoms with van der Waals surface area (Å²) in [5.41, 5.74) is 2.91. The van der Waals surface area contributed by atoms with Crippen molar-refractivity contribution in [1.29, 1.82) is 0 Å². The number of carbonyl (C=O) groups is 2. The zero-order valence-electron chi connectivity index (χ0n) is 20.2. The van der Waals surface area contributed by atoms with E-state index in [-0.39, 0.29) is 18.4 Å². The van der Waals surface area contributed by atoms with Crippen LogP contribution in [0.5, 0.6) is 5.75 Å². The molecule has 1 saturated heterocycles. The van der Waals surface area contributed by atoms with Gasteiger partial charge in [0.1, 0.15) is 11.4 Å². The molecular formula is C24H30N6O4S. The molecule has 0 radical (unpaired) electrons. The predicted molar refractivity (Wildman–Crippen MR) is 132 cm³/mol. The molecule has 0 aliphatic carbocycles. The van der Waals surface area contributed by atoms with Crippen molar-refractivity contribution in [3.63, 3.8) is 0 Å². The van der Waals surface area contributed by atoms with Crippen molar-refractivity contribution in [2.45, 2.75) is 38.8 Å².